The lowest BCUT2D eigenvalue weighted by atomic mass is 9.68. The van der Waals surface area contributed by atoms with Crippen molar-refractivity contribution in [3.8, 4) is 0 Å². The van der Waals surface area contributed by atoms with E-state index in [4.69, 9.17) is 4.74 Å². The molecule has 6 atom stereocenters. The second-order valence-corrected chi connectivity index (χ2v) is 10.1. The maximum atomic E-state index is 13.8. The molecule has 1 aliphatic carbocycles. The Bertz CT molecular complexity index is 697. The van der Waals surface area contributed by atoms with Crippen molar-refractivity contribution >= 4 is 17.8 Å². The van der Waals surface area contributed by atoms with E-state index < -0.39 is 35.4 Å². The molecule has 1 heterocycles. The first-order valence-electron chi connectivity index (χ1n) is 11.6. The number of rotatable bonds is 8. The predicted molar refractivity (Wildman–Crippen MR) is 119 cm³/mol. The number of aliphatic hydroxyl groups excluding tert-OH is 1. The van der Waals surface area contributed by atoms with Crippen LogP contribution in [-0.2, 0) is 19.1 Å². The van der Waals surface area contributed by atoms with Crippen LogP contribution in [0.15, 0.2) is 12.2 Å². The first kappa shape index (κ1) is 25.4. The van der Waals surface area contributed by atoms with Gasteiger partial charge in [-0.2, -0.15) is 0 Å². The van der Waals surface area contributed by atoms with Gasteiger partial charge in [-0.25, -0.2) is 0 Å². The molecule has 2 N–H and O–H groups in total. The summed E-state index contributed by atoms with van der Waals surface area (Å²) >= 11 is 0. The molecule has 0 radical (unpaired) electrons. The minimum Gasteiger partial charge on any atom is -0.466 e. The minimum atomic E-state index is -0.771. The Hall–Kier alpha value is -1.89. The van der Waals surface area contributed by atoms with Gasteiger partial charge in [0.05, 0.1) is 31.1 Å². The summed E-state index contributed by atoms with van der Waals surface area (Å²) in [4.78, 5) is 41.7. The number of carbonyl (C=O) groups is 3. The van der Waals surface area contributed by atoms with Crippen LogP contribution in [0.1, 0.15) is 61.3 Å². The molecule has 1 fully saturated rings. The lowest BCUT2D eigenvalue weighted by molar-refractivity contribution is -0.156. The van der Waals surface area contributed by atoms with Crippen molar-refractivity contribution in [3.05, 3.63) is 12.2 Å². The summed E-state index contributed by atoms with van der Waals surface area (Å²) in [6.45, 7) is 13.3. The zero-order valence-corrected chi connectivity index (χ0v) is 20.1. The van der Waals surface area contributed by atoms with Crippen LogP contribution in [0.2, 0.25) is 0 Å². The molecule has 31 heavy (non-hydrogen) atoms. The molecule has 0 unspecified atom stereocenters. The van der Waals surface area contributed by atoms with Gasteiger partial charge in [-0.15, -0.1) is 0 Å². The molecule has 2 rings (SSSR count). The van der Waals surface area contributed by atoms with Crippen LogP contribution in [0, 0.1) is 29.6 Å². The average Bonchev–Trinajstić information content (AvgIpc) is 2.94. The number of nitrogens with one attached hydrogen (secondary N) is 1. The summed E-state index contributed by atoms with van der Waals surface area (Å²) in [5.41, 5.74) is -0.472. The van der Waals surface area contributed by atoms with Gasteiger partial charge >= 0.3 is 5.97 Å². The van der Waals surface area contributed by atoms with Crippen LogP contribution in [-0.4, -0.2) is 58.6 Å². The van der Waals surface area contributed by atoms with E-state index in [9.17, 15) is 19.5 Å². The fraction of sp³-hybridized carbons (Fsp3) is 0.792. The highest BCUT2D eigenvalue weighted by molar-refractivity contribution is 5.96. The molecule has 0 aromatic carbocycles. The molecule has 0 spiro atoms. The van der Waals surface area contributed by atoms with Crippen molar-refractivity contribution in [1.82, 2.24) is 10.2 Å². The largest absolute Gasteiger partial charge is 0.466 e. The Kier molecular flexibility index (Phi) is 8.31. The Morgan fingerprint density at radius 3 is 2.35 bits per heavy atom. The van der Waals surface area contributed by atoms with Gasteiger partial charge in [0.1, 0.15) is 6.04 Å². The number of nitrogens with zero attached hydrogens (tertiary/aromatic N) is 1. The third-order valence-electron chi connectivity index (χ3n) is 6.31. The number of carbonyl (C=O) groups excluding carboxylic acids is 3. The normalized spacial score (nSPS) is 29.1. The fourth-order valence-electron chi connectivity index (χ4n) is 5.03. The average molecular weight is 437 g/mol. The highest BCUT2D eigenvalue weighted by atomic mass is 16.5. The first-order valence-corrected chi connectivity index (χ1v) is 11.6. The summed E-state index contributed by atoms with van der Waals surface area (Å²) in [7, 11) is 0. The highest BCUT2D eigenvalue weighted by Gasteiger charge is 2.59. The van der Waals surface area contributed by atoms with Gasteiger partial charge in [0.25, 0.3) is 0 Å². The van der Waals surface area contributed by atoms with E-state index in [2.05, 4.69) is 5.32 Å². The zero-order valence-electron chi connectivity index (χ0n) is 20.1. The van der Waals surface area contributed by atoms with Crippen LogP contribution in [0.3, 0.4) is 0 Å². The quantitative estimate of drug-likeness (QED) is 0.450. The minimum absolute atomic E-state index is 0.0458. The molecule has 7 heteroatoms. The lowest BCUT2D eigenvalue weighted by Crippen LogP contribution is -2.56. The van der Waals surface area contributed by atoms with Gasteiger partial charge in [0.15, 0.2) is 0 Å². The molecule has 7 nitrogen and oxygen atoms in total. The van der Waals surface area contributed by atoms with Crippen molar-refractivity contribution in [2.45, 2.75) is 78.9 Å². The molecule has 2 amide bonds. The van der Waals surface area contributed by atoms with Crippen LogP contribution in [0.25, 0.3) is 0 Å². The number of amides is 2. The lowest BCUT2D eigenvalue weighted by Gasteiger charge is -2.36. The smallest absolute Gasteiger partial charge is 0.310 e. The second kappa shape index (κ2) is 10.2. The number of allylic oxidation sites excluding steroid dienone is 1. The summed E-state index contributed by atoms with van der Waals surface area (Å²) in [5, 5.41) is 13.1. The van der Waals surface area contributed by atoms with E-state index in [1.807, 2.05) is 53.7 Å². The number of ether oxygens (including phenoxy) is 1. The van der Waals surface area contributed by atoms with Crippen molar-refractivity contribution in [2.75, 3.05) is 13.2 Å². The molecule has 0 bridgehead atoms. The Labute approximate surface area is 186 Å². The Morgan fingerprint density at radius 1 is 1.23 bits per heavy atom. The Morgan fingerprint density at radius 2 is 1.87 bits per heavy atom. The van der Waals surface area contributed by atoms with Crippen LogP contribution in [0.5, 0.6) is 0 Å². The Balaban J connectivity index is 2.57. The second-order valence-electron chi connectivity index (χ2n) is 10.1. The number of fused-ring (bicyclic) bond motifs is 1. The highest BCUT2D eigenvalue weighted by Crippen LogP contribution is 2.46. The number of hydrogen-bond acceptors (Lipinski definition) is 5. The van der Waals surface area contributed by atoms with Crippen molar-refractivity contribution < 1.29 is 24.2 Å². The molecule has 0 aromatic rings. The number of likely N-dealkylation sites (tertiary alicyclic amines) is 1. The third-order valence-corrected chi connectivity index (χ3v) is 6.31. The summed E-state index contributed by atoms with van der Waals surface area (Å²) in [6, 6.07) is -1.28. The van der Waals surface area contributed by atoms with Gasteiger partial charge in [-0.05, 0) is 46.0 Å². The number of aliphatic hydroxyl groups is 1. The fourth-order valence-corrected chi connectivity index (χ4v) is 5.03. The van der Waals surface area contributed by atoms with Crippen LogP contribution < -0.4 is 5.32 Å². The zero-order chi connectivity index (χ0) is 23.5. The summed E-state index contributed by atoms with van der Waals surface area (Å²) in [6.07, 6.45) is 5.58. The van der Waals surface area contributed by atoms with E-state index in [0.29, 0.717) is 0 Å². The van der Waals surface area contributed by atoms with Crippen molar-refractivity contribution in [3.63, 3.8) is 0 Å². The standard InChI is InChI=1S/C24H40N2O5/c1-8-10-15-11-12-16-19(18(15)23(30)31-9-2)22(29)26(17(13-27)14(3)4)20(16)21(28)25-24(5,6)7/h11-12,14-20,27H,8-10,13H2,1-7H3,(H,25,28)/t15-,16+,17+,18-,19-,20+/m1/s1. The summed E-state index contributed by atoms with van der Waals surface area (Å²) < 4.78 is 5.37. The monoisotopic (exact) mass is 436 g/mol. The predicted octanol–water partition coefficient (Wildman–Crippen LogP) is 2.53. The molecule has 176 valence electrons. The topological polar surface area (TPSA) is 95.9 Å². The van der Waals surface area contributed by atoms with E-state index in [1.54, 1.807) is 11.8 Å². The van der Waals surface area contributed by atoms with Crippen molar-refractivity contribution in [2.24, 2.45) is 29.6 Å². The van der Waals surface area contributed by atoms with Gasteiger partial charge in [-0.1, -0.05) is 39.3 Å². The van der Waals surface area contributed by atoms with Crippen molar-refractivity contribution in [1.29, 1.82) is 0 Å². The van der Waals surface area contributed by atoms with Gasteiger partial charge in [0.2, 0.25) is 11.8 Å². The molecular formula is C24H40N2O5. The van der Waals surface area contributed by atoms with E-state index in [0.717, 1.165) is 12.8 Å². The third kappa shape index (κ3) is 5.30. The SMILES string of the molecule is CCC[C@@H]1C=C[C@H]2[C@@H](C(=O)N([C@@H](CO)C(C)C)[C@@H]2C(=O)NC(C)(C)C)[C@@H]1C(=O)OCC. The summed E-state index contributed by atoms with van der Waals surface area (Å²) in [5.74, 6) is -2.75. The van der Waals surface area contributed by atoms with E-state index >= 15 is 0 Å². The maximum absolute atomic E-state index is 13.8. The van der Waals surface area contributed by atoms with Gasteiger partial charge < -0.3 is 20.1 Å². The molecule has 1 saturated heterocycles. The van der Waals surface area contributed by atoms with E-state index in [1.165, 1.54) is 0 Å². The molecular weight excluding hydrogens is 396 g/mol. The molecule has 0 saturated carbocycles. The first-order chi connectivity index (χ1) is 14.5. The molecule has 2 aliphatic rings. The molecule has 0 aromatic heterocycles. The molecule has 1 aliphatic heterocycles. The van der Waals surface area contributed by atoms with Gasteiger partial charge in [-0.3, -0.25) is 14.4 Å². The van der Waals surface area contributed by atoms with E-state index in [-0.39, 0.29) is 42.8 Å². The van der Waals surface area contributed by atoms with Crippen LogP contribution >= 0.6 is 0 Å². The maximum Gasteiger partial charge on any atom is 0.310 e. The van der Waals surface area contributed by atoms with Crippen LogP contribution in [0.4, 0.5) is 0 Å². The van der Waals surface area contributed by atoms with Gasteiger partial charge in [0, 0.05) is 11.5 Å². The number of esters is 1. The number of hydrogen-bond donors (Lipinski definition) is 2.